The van der Waals surface area contributed by atoms with E-state index in [1.54, 1.807) is 18.4 Å². The molecule has 146 valence electrons. The number of nitrogens with one attached hydrogen (secondary N) is 1. The van der Waals surface area contributed by atoms with E-state index in [2.05, 4.69) is 51.7 Å². The fraction of sp³-hybridized carbons (Fsp3) is 0.476. The van der Waals surface area contributed by atoms with Gasteiger partial charge in [-0.25, -0.2) is 0 Å². The molecule has 1 amide bonds. The minimum atomic E-state index is 0.0777. The number of piperazine rings is 1. The lowest BCUT2D eigenvalue weighted by atomic mass is 10.0. The van der Waals surface area contributed by atoms with Crippen molar-refractivity contribution in [1.29, 1.82) is 0 Å². The molecule has 0 unspecified atom stereocenters. The molecule has 1 aliphatic heterocycles. The molecule has 0 spiro atoms. The van der Waals surface area contributed by atoms with Crippen molar-refractivity contribution in [3.63, 3.8) is 0 Å². The van der Waals surface area contributed by atoms with Crippen LogP contribution < -0.4 is 15.0 Å². The van der Waals surface area contributed by atoms with E-state index in [1.807, 2.05) is 19.1 Å². The van der Waals surface area contributed by atoms with Crippen LogP contribution in [0.1, 0.15) is 31.2 Å². The van der Waals surface area contributed by atoms with Crippen LogP contribution in [0.5, 0.6) is 5.75 Å². The zero-order valence-corrected chi connectivity index (χ0v) is 17.2. The maximum atomic E-state index is 11.9. The van der Waals surface area contributed by atoms with E-state index in [4.69, 9.17) is 4.74 Å². The summed E-state index contributed by atoms with van der Waals surface area (Å²) in [6.45, 7) is 7.80. The fourth-order valence-electron chi connectivity index (χ4n) is 3.77. The van der Waals surface area contributed by atoms with Gasteiger partial charge in [-0.2, -0.15) is 0 Å². The number of thiophene rings is 1. The van der Waals surface area contributed by atoms with Crippen LogP contribution in [0.2, 0.25) is 0 Å². The van der Waals surface area contributed by atoms with Crippen LogP contribution >= 0.6 is 11.3 Å². The number of anilines is 1. The van der Waals surface area contributed by atoms with E-state index in [0.29, 0.717) is 6.42 Å². The smallest absolute Gasteiger partial charge is 0.219 e. The Hall–Kier alpha value is -2.05. The van der Waals surface area contributed by atoms with Crippen molar-refractivity contribution in [2.24, 2.45) is 0 Å². The zero-order valence-electron chi connectivity index (χ0n) is 16.4. The number of para-hydroxylation sites is 2. The van der Waals surface area contributed by atoms with Gasteiger partial charge in [-0.3, -0.25) is 9.69 Å². The van der Waals surface area contributed by atoms with Gasteiger partial charge in [-0.15, -0.1) is 11.3 Å². The number of hydrogen-bond acceptors (Lipinski definition) is 5. The summed E-state index contributed by atoms with van der Waals surface area (Å²) in [4.78, 5) is 18.1. The number of nitrogens with zero attached hydrogens (tertiary/aromatic N) is 2. The van der Waals surface area contributed by atoms with Crippen LogP contribution in [0, 0.1) is 0 Å². The van der Waals surface area contributed by atoms with Crippen LogP contribution in [0.3, 0.4) is 0 Å². The van der Waals surface area contributed by atoms with Gasteiger partial charge in [-0.1, -0.05) is 25.1 Å². The number of carbonyl (C=O) groups is 1. The van der Waals surface area contributed by atoms with Gasteiger partial charge in [0.2, 0.25) is 5.91 Å². The molecular weight excluding hydrogens is 358 g/mol. The lowest BCUT2D eigenvalue weighted by molar-refractivity contribution is -0.121. The summed E-state index contributed by atoms with van der Waals surface area (Å²) in [5, 5.41) is 5.28. The molecule has 1 aromatic carbocycles. The average Bonchev–Trinajstić information content (AvgIpc) is 3.22. The molecule has 2 aromatic rings. The summed E-state index contributed by atoms with van der Waals surface area (Å²) >= 11 is 1.76. The zero-order chi connectivity index (χ0) is 19.2. The average molecular weight is 388 g/mol. The summed E-state index contributed by atoms with van der Waals surface area (Å²) in [6.07, 6.45) is 0.517. The maximum Gasteiger partial charge on any atom is 0.219 e. The van der Waals surface area contributed by atoms with Gasteiger partial charge < -0.3 is 15.0 Å². The molecule has 0 saturated carbocycles. The number of ether oxygens (including phenoxy) is 1. The minimum absolute atomic E-state index is 0.0777. The van der Waals surface area contributed by atoms with Gasteiger partial charge in [0, 0.05) is 43.5 Å². The summed E-state index contributed by atoms with van der Waals surface area (Å²) < 4.78 is 5.52. The van der Waals surface area contributed by atoms with E-state index >= 15 is 0 Å². The molecule has 1 fully saturated rings. The van der Waals surface area contributed by atoms with Gasteiger partial charge in [-0.05, 0) is 30.5 Å². The summed E-state index contributed by atoms with van der Waals surface area (Å²) in [5.41, 5.74) is 1.15. The third-order valence-electron chi connectivity index (χ3n) is 5.15. The molecular formula is C21H29N3O2S. The second-order valence-electron chi connectivity index (χ2n) is 6.86. The summed E-state index contributed by atoms with van der Waals surface area (Å²) in [5.74, 6) is 1.03. The molecule has 0 radical (unpaired) electrons. The first-order valence-electron chi connectivity index (χ1n) is 9.58. The summed E-state index contributed by atoms with van der Waals surface area (Å²) in [7, 11) is 1.72. The van der Waals surface area contributed by atoms with E-state index in [1.165, 1.54) is 4.88 Å². The van der Waals surface area contributed by atoms with Crippen LogP contribution in [0.4, 0.5) is 5.69 Å². The third kappa shape index (κ3) is 4.62. The van der Waals surface area contributed by atoms with Gasteiger partial charge in [0.25, 0.3) is 0 Å². The minimum Gasteiger partial charge on any atom is -0.495 e. The van der Waals surface area contributed by atoms with Crippen molar-refractivity contribution in [2.75, 3.05) is 38.2 Å². The molecule has 27 heavy (non-hydrogen) atoms. The Kier molecular flexibility index (Phi) is 6.74. The highest BCUT2D eigenvalue weighted by atomic mass is 32.1. The standard InChI is InChI=1S/C21H29N3O2S/c1-4-20(25)22-16(2)21(19-10-7-15-27-19)24-13-11-23(12-14-24)17-8-5-6-9-18(17)26-3/h5-10,15-16,21H,4,11-14H2,1-3H3,(H,22,25)/t16-,21+/m1/s1. The molecule has 2 heterocycles. The number of carbonyl (C=O) groups excluding carboxylic acids is 1. The second kappa shape index (κ2) is 9.24. The number of rotatable bonds is 7. The number of benzene rings is 1. The topological polar surface area (TPSA) is 44.8 Å². The Labute approximate surface area is 165 Å². The fourth-order valence-corrected chi connectivity index (χ4v) is 4.73. The quantitative estimate of drug-likeness (QED) is 0.789. The molecule has 2 atom stereocenters. The normalized spacial score (nSPS) is 17.4. The molecule has 0 bridgehead atoms. The monoisotopic (exact) mass is 387 g/mol. The molecule has 1 saturated heterocycles. The molecule has 3 rings (SSSR count). The SMILES string of the molecule is CCC(=O)N[C@H](C)[C@@H](c1cccs1)N1CCN(c2ccccc2OC)CC1. The van der Waals surface area contributed by atoms with Crippen LogP contribution in [-0.2, 0) is 4.79 Å². The highest BCUT2D eigenvalue weighted by Gasteiger charge is 2.31. The molecule has 1 aromatic heterocycles. The van der Waals surface area contributed by atoms with E-state index in [-0.39, 0.29) is 18.0 Å². The first kappa shape index (κ1) is 19.7. The Morgan fingerprint density at radius 3 is 2.56 bits per heavy atom. The van der Waals surface area contributed by atoms with Gasteiger partial charge in [0.1, 0.15) is 5.75 Å². The van der Waals surface area contributed by atoms with Crippen molar-refractivity contribution in [3.05, 3.63) is 46.7 Å². The van der Waals surface area contributed by atoms with Crippen molar-refractivity contribution in [3.8, 4) is 5.75 Å². The predicted molar refractivity (Wildman–Crippen MR) is 112 cm³/mol. The van der Waals surface area contributed by atoms with Crippen LogP contribution in [0.15, 0.2) is 41.8 Å². The number of hydrogen-bond donors (Lipinski definition) is 1. The van der Waals surface area contributed by atoms with E-state index in [0.717, 1.165) is 37.6 Å². The Bertz CT molecular complexity index is 727. The van der Waals surface area contributed by atoms with Gasteiger partial charge >= 0.3 is 0 Å². The van der Waals surface area contributed by atoms with E-state index in [9.17, 15) is 4.79 Å². The molecule has 0 aliphatic carbocycles. The molecule has 6 heteroatoms. The van der Waals surface area contributed by atoms with E-state index < -0.39 is 0 Å². The second-order valence-corrected chi connectivity index (χ2v) is 7.84. The maximum absolute atomic E-state index is 11.9. The van der Waals surface area contributed by atoms with Crippen molar-refractivity contribution < 1.29 is 9.53 Å². The first-order valence-corrected chi connectivity index (χ1v) is 10.5. The molecule has 1 N–H and O–H groups in total. The lowest BCUT2D eigenvalue weighted by Gasteiger charge is -2.42. The van der Waals surface area contributed by atoms with Crippen LogP contribution in [-0.4, -0.2) is 50.1 Å². The Morgan fingerprint density at radius 2 is 1.93 bits per heavy atom. The predicted octanol–water partition coefficient (Wildman–Crippen LogP) is 3.53. The van der Waals surface area contributed by atoms with Gasteiger partial charge in [0.05, 0.1) is 18.8 Å². The highest BCUT2D eigenvalue weighted by molar-refractivity contribution is 7.10. The largest absolute Gasteiger partial charge is 0.495 e. The highest BCUT2D eigenvalue weighted by Crippen LogP contribution is 2.32. The number of amides is 1. The Balaban J connectivity index is 1.72. The first-order chi connectivity index (χ1) is 13.1. The summed E-state index contributed by atoms with van der Waals surface area (Å²) in [6, 6.07) is 12.7. The van der Waals surface area contributed by atoms with Crippen LogP contribution in [0.25, 0.3) is 0 Å². The Morgan fingerprint density at radius 1 is 1.19 bits per heavy atom. The number of methoxy groups -OCH3 is 1. The van der Waals surface area contributed by atoms with Gasteiger partial charge in [0.15, 0.2) is 0 Å². The third-order valence-corrected chi connectivity index (χ3v) is 6.09. The lowest BCUT2D eigenvalue weighted by Crippen LogP contribution is -2.52. The van der Waals surface area contributed by atoms with Crippen molar-refractivity contribution in [2.45, 2.75) is 32.4 Å². The van der Waals surface area contributed by atoms with Crippen molar-refractivity contribution in [1.82, 2.24) is 10.2 Å². The molecule has 1 aliphatic rings. The molecule has 5 nitrogen and oxygen atoms in total. The van der Waals surface area contributed by atoms with Crippen molar-refractivity contribution >= 4 is 22.9 Å².